The summed E-state index contributed by atoms with van der Waals surface area (Å²) in [6, 6.07) is 11.6. The number of nitrogens with one attached hydrogen (secondary N) is 2. The second kappa shape index (κ2) is 10.4. The third-order valence-electron chi connectivity index (χ3n) is 7.21. The Balaban J connectivity index is 1.28. The zero-order chi connectivity index (χ0) is 25.2. The van der Waals surface area contributed by atoms with Gasteiger partial charge in [0.05, 0.1) is 0 Å². The number of carbonyl (C=O) groups is 3. The van der Waals surface area contributed by atoms with Gasteiger partial charge in [0.2, 0.25) is 11.8 Å². The van der Waals surface area contributed by atoms with Crippen molar-refractivity contribution in [1.29, 1.82) is 0 Å². The Hall–Kier alpha value is -3.30. The lowest BCUT2D eigenvalue weighted by Crippen LogP contribution is -2.54. The molecule has 36 heavy (non-hydrogen) atoms. The number of ether oxygens (including phenoxy) is 1. The normalized spacial score (nSPS) is 24.6. The Bertz CT molecular complexity index is 1150. The van der Waals surface area contributed by atoms with Crippen molar-refractivity contribution >= 4 is 17.7 Å². The minimum absolute atomic E-state index is 0.0967. The molecule has 0 radical (unpaired) electrons. The Labute approximate surface area is 209 Å². The molecule has 2 N–H and O–H groups in total. The van der Waals surface area contributed by atoms with Gasteiger partial charge >= 0.3 is 0 Å². The number of hydrogen-bond acceptors (Lipinski definition) is 6. The number of fused-ring (bicyclic) bond motifs is 1. The van der Waals surface area contributed by atoms with Gasteiger partial charge in [-0.3, -0.25) is 24.6 Å². The molecule has 0 bridgehead atoms. The molecule has 190 valence electrons. The summed E-state index contributed by atoms with van der Waals surface area (Å²) in [7, 11) is 0. The fourth-order valence-corrected chi connectivity index (χ4v) is 5.39. The molecule has 0 aliphatic carbocycles. The summed E-state index contributed by atoms with van der Waals surface area (Å²) in [6.45, 7) is 5.57. The molecule has 2 saturated heterocycles. The van der Waals surface area contributed by atoms with Crippen LogP contribution in [0.5, 0.6) is 5.75 Å². The molecule has 3 aliphatic rings. The molecule has 3 heterocycles. The number of nitrogens with zero attached hydrogens (tertiary/aromatic N) is 2. The number of carbonyl (C=O) groups excluding carboxylic acids is 3. The summed E-state index contributed by atoms with van der Waals surface area (Å²) in [5, 5.41) is 5.86. The molecule has 3 unspecified atom stereocenters. The average Bonchev–Trinajstić information content (AvgIpc) is 3.17. The highest BCUT2D eigenvalue weighted by Crippen LogP contribution is 2.31. The number of likely N-dealkylation sites (tertiary alicyclic amines) is 1. The molecule has 5 rings (SSSR count). The molecule has 0 saturated carbocycles. The van der Waals surface area contributed by atoms with Crippen molar-refractivity contribution in [2.24, 2.45) is 0 Å². The van der Waals surface area contributed by atoms with Crippen LogP contribution >= 0.6 is 0 Å². The Morgan fingerprint density at radius 3 is 2.67 bits per heavy atom. The Kier molecular flexibility index (Phi) is 7.02. The number of imide groups is 1. The second-order valence-corrected chi connectivity index (χ2v) is 9.69. The quantitative estimate of drug-likeness (QED) is 0.574. The SMILES string of the molecule is CCNC1CCN(Cc2ccc(F)cc2)CC1Oc1ccc2c(c1)CN(C1CCC(=O)NC1=O)C2=O. The van der Waals surface area contributed by atoms with E-state index in [1.165, 1.54) is 12.1 Å². The number of hydrogen-bond donors (Lipinski definition) is 2. The molecule has 3 amide bonds. The number of benzene rings is 2. The van der Waals surface area contributed by atoms with Crippen LogP contribution in [-0.4, -0.2) is 65.3 Å². The van der Waals surface area contributed by atoms with E-state index < -0.39 is 11.9 Å². The lowest BCUT2D eigenvalue weighted by molar-refractivity contribution is -0.136. The fraction of sp³-hybridized carbons (Fsp3) is 0.444. The third-order valence-corrected chi connectivity index (χ3v) is 7.21. The van der Waals surface area contributed by atoms with E-state index >= 15 is 0 Å². The number of likely N-dealkylation sites (N-methyl/N-ethyl adjacent to an activating group) is 1. The van der Waals surface area contributed by atoms with E-state index in [0.717, 1.165) is 37.2 Å². The Morgan fingerprint density at radius 2 is 1.92 bits per heavy atom. The first-order chi connectivity index (χ1) is 17.4. The van der Waals surface area contributed by atoms with E-state index in [-0.39, 0.29) is 36.2 Å². The second-order valence-electron chi connectivity index (χ2n) is 9.69. The maximum Gasteiger partial charge on any atom is 0.255 e. The molecular formula is C27H31FN4O4. The van der Waals surface area contributed by atoms with Gasteiger partial charge in [-0.15, -0.1) is 0 Å². The van der Waals surface area contributed by atoms with Crippen LogP contribution in [0.2, 0.25) is 0 Å². The minimum Gasteiger partial charge on any atom is -0.487 e. The van der Waals surface area contributed by atoms with Crippen molar-refractivity contribution < 1.29 is 23.5 Å². The number of amides is 3. The lowest BCUT2D eigenvalue weighted by atomic mass is 10.0. The molecule has 0 aromatic heterocycles. The summed E-state index contributed by atoms with van der Waals surface area (Å²) < 4.78 is 19.8. The smallest absolute Gasteiger partial charge is 0.255 e. The van der Waals surface area contributed by atoms with Crippen molar-refractivity contribution in [2.45, 2.75) is 57.5 Å². The van der Waals surface area contributed by atoms with E-state index in [4.69, 9.17) is 4.74 Å². The molecule has 2 aromatic rings. The number of piperidine rings is 2. The van der Waals surface area contributed by atoms with E-state index in [2.05, 4.69) is 22.5 Å². The molecular weight excluding hydrogens is 463 g/mol. The molecule has 2 aromatic carbocycles. The van der Waals surface area contributed by atoms with Crippen LogP contribution in [0.1, 0.15) is 47.7 Å². The average molecular weight is 495 g/mol. The first-order valence-electron chi connectivity index (χ1n) is 12.6. The predicted octanol–water partition coefficient (Wildman–Crippen LogP) is 2.22. The van der Waals surface area contributed by atoms with Gasteiger partial charge in [-0.25, -0.2) is 4.39 Å². The topological polar surface area (TPSA) is 91.0 Å². The van der Waals surface area contributed by atoms with E-state index in [0.29, 0.717) is 30.8 Å². The van der Waals surface area contributed by atoms with Gasteiger partial charge in [0.15, 0.2) is 0 Å². The molecule has 3 aliphatic heterocycles. The summed E-state index contributed by atoms with van der Waals surface area (Å²) in [5.74, 6) is -0.465. The molecule has 3 atom stereocenters. The van der Waals surface area contributed by atoms with Crippen molar-refractivity contribution in [3.63, 3.8) is 0 Å². The van der Waals surface area contributed by atoms with E-state index in [9.17, 15) is 18.8 Å². The van der Waals surface area contributed by atoms with Crippen LogP contribution in [0.25, 0.3) is 0 Å². The van der Waals surface area contributed by atoms with Crippen LogP contribution < -0.4 is 15.4 Å². The van der Waals surface area contributed by atoms with Gasteiger partial charge in [0.1, 0.15) is 23.7 Å². The first kappa shape index (κ1) is 24.4. The van der Waals surface area contributed by atoms with Crippen molar-refractivity contribution in [2.75, 3.05) is 19.6 Å². The standard InChI is InChI=1S/C27H31FN4O4/c1-2-29-22-11-12-31(14-17-3-5-19(28)6-4-17)16-24(22)36-20-7-8-21-18(13-20)15-32(27(21)35)23-9-10-25(33)30-26(23)34/h3-8,13,22-24,29H,2,9-12,14-16H2,1H3,(H,30,33,34). The number of rotatable bonds is 7. The third kappa shape index (κ3) is 5.12. The maximum atomic E-state index is 13.3. The van der Waals surface area contributed by atoms with Gasteiger partial charge in [0.25, 0.3) is 5.91 Å². The van der Waals surface area contributed by atoms with Gasteiger partial charge in [-0.2, -0.15) is 0 Å². The predicted molar refractivity (Wildman–Crippen MR) is 131 cm³/mol. The zero-order valence-corrected chi connectivity index (χ0v) is 20.3. The molecule has 0 spiro atoms. The highest BCUT2D eigenvalue weighted by Gasteiger charge is 2.39. The van der Waals surface area contributed by atoms with Gasteiger partial charge in [-0.05, 0) is 60.8 Å². The highest BCUT2D eigenvalue weighted by atomic mass is 19.1. The van der Waals surface area contributed by atoms with E-state index in [1.54, 1.807) is 11.0 Å². The van der Waals surface area contributed by atoms with Crippen LogP contribution in [0.15, 0.2) is 42.5 Å². The van der Waals surface area contributed by atoms with Crippen molar-refractivity contribution in [3.8, 4) is 5.75 Å². The van der Waals surface area contributed by atoms with Crippen LogP contribution in [0.3, 0.4) is 0 Å². The minimum atomic E-state index is -0.636. The largest absolute Gasteiger partial charge is 0.487 e. The van der Waals surface area contributed by atoms with Crippen molar-refractivity contribution in [3.05, 3.63) is 65.0 Å². The summed E-state index contributed by atoms with van der Waals surface area (Å²) in [5.41, 5.74) is 2.44. The maximum absolute atomic E-state index is 13.3. The fourth-order valence-electron chi connectivity index (χ4n) is 5.39. The number of halogens is 1. The molecule has 2 fully saturated rings. The van der Waals surface area contributed by atoms with Gasteiger partial charge in [0, 0.05) is 44.2 Å². The highest BCUT2D eigenvalue weighted by molar-refractivity contribution is 6.05. The van der Waals surface area contributed by atoms with Gasteiger partial charge < -0.3 is 15.0 Å². The monoisotopic (exact) mass is 494 g/mol. The first-order valence-corrected chi connectivity index (χ1v) is 12.6. The van der Waals surface area contributed by atoms with Gasteiger partial charge in [-0.1, -0.05) is 19.1 Å². The van der Waals surface area contributed by atoms with Crippen LogP contribution in [0, 0.1) is 5.82 Å². The van der Waals surface area contributed by atoms with Crippen molar-refractivity contribution in [1.82, 2.24) is 20.4 Å². The van der Waals surface area contributed by atoms with E-state index in [1.807, 2.05) is 24.3 Å². The zero-order valence-electron chi connectivity index (χ0n) is 20.3. The summed E-state index contributed by atoms with van der Waals surface area (Å²) >= 11 is 0. The van der Waals surface area contributed by atoms with Crippen LogP contribution in [0.4, 0.5) is 4.39 Å². The summed E-state index contributed by atoms with van der Waals surface area (Å²) in [6.07, 6.45) is 1.39. The van der Waals surface area contributed by atoms with Crippen LogP contribution in [-0.2, 0) is 22.7 Å². The molecule has 8 nitrogen and oxygen atoms in total. The molecule has 9 heteroatoms. The summed E-state index contributed by atoms with van der Waals surface area (Å²) in [4.78, 5) is 40.7. The Morgan fingerprint density at radius 1 is 1.11 bits per heavy atom. The lowest BCUT2D eigenvalue weighted by Gasteiger charge is -2.39.